The van der Waals surface area contributed by atoms with E-state index >= 15 is 0 Å². The molecule has 0 saturated carbocycles. The van der Waals surface area contributed by atoms with Crippen molar-refractivity contribution in [3.63, 3.8) is 0 Å². The molecule has 0 aliphatic carbocycles. The van der Waals surface area contributed by atoms with Crippen molar-refractivity contribution < 1.29 is 24.5 Å². The minimum Gasteiger partial charge on any atom is -0.507 e. The van der Waals surface area contributed by atoms with Crippen molar-refractivity contribution in [1.29, 1.82) is 0 Å². The number of nitrogens with zero attached hydrogens (tertiary/aromatic N) is 1. The summed E-state index contributed by atoms with van der Waals surface area (Å²) in [4.78, 5) is 28.2. The highest BCUT2D eigenvalue weighted by atomic mass is 35.5. The molecule has 1 amide bonds. The van der Waals surface area contributed by atoms with E-state index in [1.807, 2.05) is 52.0 Å². The third-order valence-electron chi connectivity index (χ3n) is 6.09. The van der Waals surface area contributed by atoms with Gasteiger partial charge in [-0.05, 0) is 85.8 Å². The van der Waals surface area contributed by atoms with E-state index in [2.05, 4.69) is 0 Å². The number of hydrogen-bond donors (Lipinski definition) is 2. The van der Waals surface area contributed by atoms with Crippen LogP contribution in [0.2, 0.25) is 5.02 Å². The fourth-order valence-electron chi connectivity index (χ4n) is 4.74. The Morgan fingerprint density at radius 1 is 0.943 bits per heavy atom. The molecule has 0 bridgehead atoms. The number of rotatable bonds is 4. The number of aromatic hydroxyl groups is 1. The van der Waals surface area contributed by atoms with Crippen LogP contribution in [0.15, 0.2) is 54.1 Å². The summed E-state index contributed by atoms with van der Waals surface area (Å²) >= 11 is 6.21. The van der Waals surface area contributed by atoms with Gasteiger partial charge in [-0.15, -0.1) is 0 Å². The molecule has 4 rings (SSSR count). The van der Waals surface area contributed by atoms with E-state index in [1.165, 1.54) is 24.1 Å². The summed E-state index contributed by atoms with van der Waals surface area (Å²) in [5.74, 6) is -1.65. The maximum Gasteiger partial charge on any atom is 0.300 e. The number of phenolic OH excluding ortho intramolecular Hbond substituents is 1. The quantitative estimate of drug-likeness (QED) is 0.269. The van der Waals surface area contributed by atoms with E-state index in [-0.39, 0.29) is 22.1 Å². The van der Waals surface area contributed by atoms with Gasteiger partial charge in [0.05, 0.1) is 29.3 Å². The van der Waals surface area contributed by atoms with Crippen molar-refractivity contribution in [3.8, 4) is 11.5 Å². The molecule has 1 heterocycles. The molecule has 6 nitrogen and oxygen atoms in total. The minimum atomic E-state index is -0.972. The van der Waals surface area contributed by atoms with Gasteiger partial charge in [-0.1, -0.05) is 29.8 Å². The zero-order valence-electron chi connectivity index (χ0n) is 20.1. The van der Waals surface area contributed by atoms with Gasteiger partial charge in [0.25, 0.3) is 11.7 Å². The molecule has 180 valence electrons. The predicted molar refractivity (Wildman–Crippen MR) is 136 cm³/mol. The van der Waals surface area contributed by atoms with Crippen LogP contribution < -0.4 is 9.64 Å². The van der Waals surface area contributed by atoms with Gasteiger partial charge in [-0.2, -0.15) is 0 Å². The molecule has 3 aromatic carbocycles. The highest BCUT2D eigenvalue weighted by Crippen LogP contribution is 2.45. The highest BCUT2D eigenvalue weighted by Gasteiger charge is 2.47. The summed E-state index contributed by atoms with van der Waals surface area (Å²) in [7, 11) is 1.49. The molecule has 0 spiro atoms. The van der Waals surface area contributed by atoms with E-state index in [1.54, 1.807) is 12.1 Å². The molecule has 1 aliphatic rings. The monoisotopic (exact) mass is 491 g/mol. The summed E-state index contributed by atoms with van der Waals surface area (Å²) in [6.45, 7) is 7.52. The number of benzene rings is 3. The average molecular weight is 492 g/mol. The molecule has 0 aromatic heterocycles. The highest BCUT2D eigenvalue weighted by molar-refractivity contribution is 6.51. The zero-order valence-corrected chi connectivity index (χ0v) is 20.9. The van der Waals surface area contributed by atoms with Crippen molar-refractivity contribution in [2.24, 2.45) is 0 Å². The molecule has 1 saturated heterocycles. The maximum atomic E-state index is 13.4. The lowest BCUT2D eigenvalue weighted by atomic mass is 9.93. The second kappa shape index (κ2) is 9.12. The molecule has 0 radical (unpaired) electrons. The molecular weight excluding hydrogens is 466 g/mol. The largest absolute Gasteiger partial charge is 0.507 e. The predicted octanol–water partition coefficient (Wildman–Crippen LogP) is 5.91. The third-order valence-corrected chi connectivity index (χ3v) is 6.40. The number of amides is 1. The number of phenols is 1. The van der Waals surface area contributed by atoms with Gasteiger partial charge in [-0.3, -0.25) is 14.5 Å². The molecule has 2 N–H and O–H groups in total. The number of anilines is 1. The van der Waals surface area contributed by atoms with E-state index in [4.69, 9.17) is 16.3 Å². The lowest BCUT2D eigenvalue weighted by Gasteiger charge is -2.26. The van der Waals surface area contributed by atoms with E-state index < -0.39 is 17.7 Å². The van der Waals surface area contributed by atoms with Crippen molar-refractivity contribution in [2.75, 3.05) is 12.0 Å². The lowest BCUT2D eigenvalue weighted by molar-refractivity contribution is -0.132. The number of ether oxygens (including phenoxy) is 1. The number of Topliss-reactive ketones (excluding diaryl/α,β-unsaturated/α-hetero) is 1. The Hall–Kier alpha value is -3.77. The van der Waals surface area contributed by atoms with Gasteiger partial charge >= 0.3 is 0 Å². The van der Waals surface area contributed by atoms with Crippen molar-refractivity contribution in [1.82, 2.24) is 0 Å². The second-order valence-corrected chi connectivity index (χ2v) is 9.30. The number of aliphatic hydroxyl groups is 1. The standard InChI is InChI=1S/C28H26ClNO5/c1-14-8-15(2)11-19(10-14)30-24(18-6-7-22(31)21(29)13-18)23(26(33)28(30)34)25(32)20-12-16(3)9-17(4)27(20)35-5/h6-13,24,31-32H,1-5H3/b25-23+. The Labute approximate surface area is 209 Å². The Balaban J connectivity index is 2.05. The minimum absolute atomic E-state index is 0.0671. The smallest absolute Gasteiger partial charge is 0.300 e. The molecule has 1 fully saturated rings. The molecule has 7 heteroatoms. The first-order valence-electron chi connectivity index (χ1n) is 11.1. The van der Waals surface area contributed by atoms with Gasteiger partial charge in [-0.25, -0.2) is 0 Å². The normalized spacial score (nSPS) is 17.2. The maximum absolute atomic E-state index is 13.4. The van der Waals surface area contributed by atoms with Crippen LogP contribution in [0.25, 0.3) is 5.76 Å². The number of ketones is 1. The fraction of sp³-hybridized carbons (Fsp3) is 0.214. The van der Waals surface area contributed by atoms with Crippen molar-refractivity contribution in [2.45, 2.75) is 33.7 Å². The van der Waals surface area contributed by atoms with Crippen LogP contribution in [0.3, 0.4) is 0 Å². The Morgan fingerprint density at radius 2 is 1.57 bits per heavy atom. The molecular formula is C28H26ClNO5. The van der Waals surface area contributed by atoms with Crippen LogP contribution >= 0.6 is 11.6 Å². The average Bonchev–Trinajstić information content (AvgIpc) is 3.04. The number of aliphatic hydroxyl groups excluding tert-OH is 1. The van der Waals surface area contributed by atoms with Crippen molar-refractivity contribution >= 4 is 34.7 Å². The number of carbonyl (C=O) groups excluding carboxylic acids is 2. The molecule has 1 unspecified atom stereocenters. The van der Waals surface area contributed by atoms with Crippen LogP contribution in [0.1, 0.15) is 39.4 Å². The first kappa shape index (κ1) is 24.4. The first-order chi connectivity index (χ1) is 16.5. The number of carbonyl (C=O) groups is 2. The zero-order chi connectivity index (χ0) is 25.6. The lowest BCUT2D eigenvalue weighted by Crippen LogP contribution is -2.29. The number of aryl methyl sites for hydroxylation is 4. The van der Waals surface area contributed by atoms with Crippen LogP contribution in [-0.2, 0) is 9.59 Å². The topological polar surface area (TPSA) is 87.1 Å². The molecule has 1 aliphatic heterocycles. The Morgan fingerprint density at radius 3 is 2.17 bits per heavy atom. The van der Waals surface area contributed by atoms with Gasteiger partial charge < -0.3 is 14.9 Å². The number of hydrogen-bond acceptors (Lipinski definition) is 5. The second-order valence-electron chi connectivity index (χ2n) is 8.89. The number of methoxy groups -OCH3 is 1. The molecule has 3 aromatic rings. The van der Waals surface area contributed by atoms with Gasteiger partial charge in [0.2, 0.25) is 0 Å². The summed E-state index contributed by atoms with van der Waals surface area (Å²) in [6, 6.07) is 12.7. The first-order valence-corrected chi connectivity index (χ1v) is 11.4. The van der Waals surface area contributed by atoms with Crippen LogP contribution in [-0.4, -0.2) is 29.0 Å². The van der Waals surface area contributed by atoms with Crippen LogP contribution in [0.4, 0.5) is 5.69 Å². The summed E-state index contributed by atoms with van der Waals surface area (Å²) in [6.07, 6.45) is 0. The van der Waals surface area contributed by atoms with Crippen LogP contribution in [0.5, 0.6) is 11.5 Å². The van der Waals surface area contributed by atoms with Gasteiger partial charge in [0.1, 0.15) is 17.3 Å². The van der Waals surface area contributed by atoms with Gasteiger partial charge in [0, 0.05) is 5.69 Å². The third kappa shape index (κ3) is 4.26. The SMILES string of the molecule is COc1c(C)cc(C)cc1/C(O)=C1\C(=O)C(=O)N(c2cc(C)cc(C)c2)C1c1ccc(O)c(Cl)c1. The van der Waals surface area contributed by atoms with Crippen LogP contribution in [0, 0.1) is 27.7 Å². The van der Waals surface area contributed by atoms with E-state index in [9.17, 15) is 19.8 Å². The van der Waals surface area contributed by atoms with Gasteiger partial charge in [0.15, 0.2) is 0 Å². The molecule has 35 heavy (non-hydrogen) atoms. The fourth-order valence-corrected chi connectivity index (χ4v) is 4.93. The Bertz CT molecular complexity index is 1390. The Kier molecular flexibility index (Phi) is 6.34. The van der Waals surface area contributed by atoms with Crippen molar-refractivity contribution in [3.05, 3.63) is 92.5 Å². The number of halogens is 1. The summed E-state index contributed by atoms with van der Waals surface area (Å²) in [5.41, 5.74) is 4.69. The molecule has 1 atom stereocenters. The van der Waals surface area contributed by atoms with E-state index in [0.29, 0.717) is 22.6 Å². The van der Waals surface area contributed by atoms with E-state index in [0.717, 1.165) is 22.3 Å². The summed E-state index contributed by atoms with van der Waals surface area (Å²) < 4.78 is 5.53. The summed E-state index contributed by atoms with van der Waals surface area (Å²) in [5, 5.41) is 21.6.